The van der Waals surface area contributed by atoms with Crippen molar-refractivity contribution in [2.45, 2.75) is 32.0 Å². The lowest BCUT2D eigenvalue weighted by atomic mass is 10.0. The van der Waals surface area contributed by atoms with E-state index in [0.717, 1.165) is 16.6 Å². The standard InChI is InChI=1S/C16H22BrNO3/c1-16(2)11-18(10-13(9-17)21-16)15(19)8-12-6-4-5-7-14(12)20-3/h4-7,13H,8-11H2,1-3H3. The van der Waals surface area contributed by atoms with Crippen LogP contribution in [0.5, 0.6) is 5.75 Å². The fraction of sp³-hybridized carbons (Fsp3) is 0.562. The van der Waals surface area contributed by atoms with Gasteiger partial charge in [0.25, 0.3) is 0 Å². The summed E-state index contributed by atoms with van der Waals surface area (Å²) in [5.74, 6) is 0.872. The van der Waals surface area contributed by atoms with Gasteiger partial charge in [-0.1, -0.05) is 34.1 Å². The molecule has 1 saturated heterocycles. The van der Waals surface area contributed by atoms with Gasteiger partial charge in [-0.3, -0.25) is 4.79 Å². The first-order valence-corrected chi connectivity index (χ1v) is 8.21. The highest BCUT2D eigenvalue weighted by molar-refractivity contribution is 9.09. The second-order valence-electron chi connectivity index (χ2n) is 5.92. The van der Waals surface area contributed by atoms with Crippen LogP contribution in [0.3, 0.4) is 0 Å². The molecule has 1 unspecified atom stereocenters. The van der Waals surface area contributed by atoms with Crippen molar-refractivity contribution in [3.8, 4) is 5.75 Å². The van der Waals surface area contributed by atoms with Gasteiger partial charge in [0.05, 0.1) is 25.2 Å². The normalized spacial score (nSPS) is 21.1. The van der Waals surface area contributed by atoms with Gasteiger partial charge in [0.1, 0.15) is 5.75 Å². The van der Waals surface area contributed by atoms with E-state index in [1.165, 1.54) is 0 Å². The van der Waals surface area contributed by atoms with Crippen LogP contribution < -0.4 is 4.74 Å². The van der Waals surface area contributed by atoms with E-state index in [9.17, 15) is 4.79 Å². The smallest absolute Gasteiger partial charge is 0.227 e. The van der Waals surface area contributed by atoms with E-state index in [2.05, 4.69) is 15.9 Å². The lowest BCUT2D eigenvalue weighted by molar-refractivity contribution is -0.156. The highest BCUT2D eigenvalue weighted by atomic mass is 79.9. The summed E-state index contributed by atoms with van der Waals surface area (Å²) in [5, 5.41) is 0.731. The summed E-state index contributed by atoms with van der Waals surface area (Å²) in [7, 11) is 1.63. The Kier molecular flexibility index (Phi) is 5.27. The van der Waals surface area contributed by atoms with Crippen LogP contribution in [-0.4, -0.2) is 48.0 Å². The number of methoxy groups -OCH3 is 1. The van der Waals surface area contributed by atoms with Crippen molar-refractivity contribution >= 4 is 21.8 Å². The summed E-state index contributed by atoms with van der Waals surface area (Å²) in [6.07, 6.45) is 0.394. The van der Waals surface area contributed by atoms with Gasteiger partial charge < -0.3 is 14.4 Å². The van der Waals surface area contributed by atoms with Crippen LogP contribution in [-0.2, 0) is 16.0 Å². The summed E-state index contributed by atoms with van der Waals surface area (Å²) in [6, 6.07) is 7.65. The highest BCUT2D eigenvalue weighted by Gasteiger charge is 2.35. The van der Waals surface area contributed by atoms with Gasteiger partial charge in [0.2, 0.25) is 5.91 Å². The maximum absolute atomic E-state index is 12.6. The number of amides is 1. The Hall–Kier alpha value is -1.07. The average Bonchev–Trinajstić information content (AvgIpc) is 2.46. The van der Waals surface area contributed by atoms with Gasteiger partial charge in [0, 0.05) is 24.0 Å². The number of halogens is 1. The molecule has 4 nitrogen and oxygen atoms in total. The molecule has 1 aromatic carbocycles. The Balaban J connectivity index is 2.09. The number of ether oxygens (including phenoxy) is 2. The lowest BCUT2D eigenvalue weighted by Crippen LogP contribution is -2.55. The monoisotopic (exact) mass is 355 g/mol. The van der Waals surface area contributed by atoms with Crippen molar-refractivity contribution in [2.24, 2.45) is 0 Å². The number of carbonyl (C=O) groups excluding carboxylic acids is 1. The zero-order chi connectivity index (χ0) is 15.5. The molecule has 1 amide bonds. The molecule has 0 N–H and O–H groups in total. The Morgan fingerprint density at radius 3 is 2.86 bits per heavy atom. The Morgan fingerprint density at radius 2 is 2.19 bits per heavy atom. The van der Waals surface area contributed by atoms with Gasteiger partial charge in [-0.25, -0.2) is 0 Å². The van der Waals surface area contributed by atoms with Gasteiger partial charge in [-0.05, 0) is 19.9 Å². The van der Waals surface area contributed by atoms with Crippen LogP contribution in [0.25, 0.3) is 0 Å². The van der Waals surface area contributed by atoms with Crippen LogP contribution in [0.15, 0.2) is 24.3 Å². The second-order valence-corrected chi connectivity index (χ2v) is 6.56. The van der Waals surface area contributed by atoms with Crippen LogP contribution in [0.2, 0.25) is 0 Å². The zero-order valence-corrected chi connectivity index (χ0v) is 14.4. The molecule has 0 radical (unpaired) electrons. The van der Waals surface area contributed by atoms with Crippen LogP contribution in [0, 0.1) is 0 Å². The van der Waals surface area contributed by atoms with Crippen LogP contribution >= 0.6 is 15.9 Å². The van der Waals surface area contributed by atoms with Gasteiger partial charge in [0.15, 0.2) is 0 Å². The summed E-state index contributed by atoms with van der Waals surface area (Å²) in [4.78, 5) is 14.5. The first kappa shape index (κ1) is 16.3. The van der Waals surface area contributed by atoms with Gasteiger partial charge in [-0.2, -0.15) is 0 Å². The van der Waals surface area contributed by atoms with Gasteiger partial charge >= 0.3 is 0 Å². The number of hydrogen-bond donors (Lipinski definition) is 0. The van der Waals surface area contributed by atoms with Crippen LogP contribution in [0.1, 0.15) is 19.4 Å². The van der Waals surface area contributed by atoms with E-state index in [1.807, 2.05) is 43.0 Å². The fourth-order valence-corrected chi connectivity index (χ4v) is 3.03. The summed E-state index contributed by atoms with van der Waals surface area (Å²) < 4.78 is 11.2. The number of carbonyl (C=O) groups is 1. The third-order valence-electron chi connectivity index (χ3n) is 3.54. The predicted molar refractivity (Wildman–Crippen MR) is 86.0 cm³/mol. The predicted octanol–water partition coefficient (Wildman–Crippen LogP) is 2.64. The summed E-state index contributed by atoms with van der Waals surface area (Å²) in [6.45, 7) is 5.28. The van der Waals surface area contributed by atoms with Crippen molar-refractivity contribution in [1.29, 1.82) is 0 Å². The van der Waals surface area contributed by atoms with E-state index in [0.29, 0.717) is 19.5 Å². The molecule has 1 atom stereocenters. The first-order valence-electron chi connectivity index (χ1n) is 7.08. The lowest BCUT2D eigenvalue weighted by Gasteiger charge is -2.42. The largest absolute Gasteiger partial charge is 0.496 e. The Bertz CT molecular complexity index is 504. The van der Waals surface area contributed by atoms with E-state index in [4.69, 9.17) is 9.47 Å². The van der Waals surface area contributed by atoms with E-state index in [-0.39, 0.29) is 17.6 Å². The maximum Gasteiger partial charge on any atom is 0.227 e. The number of nitrogens with zero attached hydrogens (tertiary/aromatic N) is 1. The third-order valence-corrected chi connectivity index (χ3v) is 4.26. The number of para-hydroxylation sites is 1. The molecule has 0 spiro atoms. The molecule has 2 rings (SSSR count). The SMILES string of the molecule is COc1ccccc1CC(=O)N1CC(CBr)OC(C)(C)C1. The number of benzene rings is 1. The molecule has 5 heteroatoms. The van der Waals surface area contributed by atoms with Crippen molar-refractivity contribution in [1.82, 2.24) is 4.90 Å². The molecule has 1 aliphatic rings. The van der Waals surface area contributed by atoms with E-state index < -0.39 is 0 Å². The average molecular weight is 356 g/mol. The van der Waals surface area contributed by atoms with Crippen molar-refractivity contribution in [2.75, 3.05) is 25.5 Å². The van der Waals surface area contributed by atoms with Crippen molar-refractivity contribution in [3.05, 3.63) is 29.8 Å². The fourth-order valence-electron chi connectivity index (χ4n) is 2.69. The Morgan fingerprint density at radius 1 is 1.48 bits per heavy atom. The topological polar surface area (TPSA) is 38.8 Å². The zero-order valence-electron chi connectivity index (χ0n) is 12.8. The highest BCUT2D eigenvalue weighted by Crippen LogP contribution is 2.24. The molecule has 0 bridgehead atoms. The minimum absolute atomic E-state index is 0.0374. The second kappa shape index (κ2) is 6.79. The molecule has 0 aliphatic carbocycles. The molecule has 116 valence electrons. The van der Waals surface area contributed by atoms with Crippen LogP contribution in [0.4, 0.5) is 0 Å². The molecule has 1 aliphatic heterocycles. The van der Waals surface area contributed by atoms with Crippen molar-refractivity contribution < 1.29 is 14.3 Å². The van der Waals surface area contributed by atoms with E-state index in [1.54, 1.807) is 7.11 Å². The summed E-state index contributed by atoms with van der Waals surface area (Å²) in [5.41, 5.74) is 0.609. The minimum Gasteiger partial charge on any atom is -0.496 e. The quantitative estimate of drug-likeness (QED) is 0.779. The molecule has 0 saturated carbocycles. The third kappa shape index (κ3) is 4.20. The molecule has 0 aromatic heterocycles. The summed E-state index contributed by atoms with van der Waals surface area (Å²) >= 11 is 3.45. The molecule has 1 aromatic rings. The molecule has 21 heavy (non-hydrogen) atoms. The Labute approximate surface area is 134 Å². The van der Waals surface area contributed by atoms with Crippen molar-refractivity contribution in [3.63, 3.8) is 0 Å². The molecule has 1 heterocycles. The number of morpholine rings is 1. The number of rotatable bonds is 4. The van der Waals surface area contributed by atoms with E-state index >= 15 is 0 Å². The molecule has 1 fully saturated rings. The van der Waals surface area contributed by atoms with Gasteiger partial charge in [-0.15, -0.1) is 0 Å². The molecular formula is C16H22BrNO3. The maximum atomic E-state index is 12.6. The molecular weight excluding hydrogens is 334 g/mol. The number of hydrogen-bond acceptors (Lipinski definition) is 3. The minimum atomic E-state index is -0.312. The first-order chi connectivity index (χ1) is 9.95. The number of alkyl halides is 1.